The van der Waals surface area contributed by atoms with E-state index in [2.05, 4.69) is 80.0 Å². The molecule has 0 aliphatic rings. The Morgan fingerprint density at radius 2 is 0.885 bits per heavy atom. The van der Waals surface area contributed by atoms with E-state index in [0.29, 0.717) is 0 Å². The Morgan fingerprint density at radius 3 is 1.19 bits per heavy atom. The number of nitrogens with one attached hydrogen (secondary N) is 3. The molecule has 0 saturated carbocycles. The molecule has 0 aromatic heterocycles. The molecule has 2 aromatic carbocycles. The van der Waals surface area contributed by atoms with Crippen LogP contribution in [0, 0.1) is 27.7 Å². The van der Waals surface area contributed by atoms with E-state index in [1.165, 1.54) is 33.6 Å². The van der Waals surface area contributed by atoms with Gasteiger partial charge < -0.3 is 40.8 Å². The van der Waals surface area contributed by atoms with Crippen molar-refractivity contribution in [2.24, 2.45) is 0 Å². The molecule has 0 atom stereocenters. The van der Waals surface area contributed by atoms with Crippen molar-refractivity contribution >= 4 is 11.4 Å². The Balaban J connectivity index is 0. The third kappa shape index (κ3) is 8.26. The molecule has 0 bridgehead atoms. The molecule has 0 fully saturated rings. The van der Waals surface area contributed by atoms with Crippen LogP contribution in [0.1, 0.15) is 22.3 Å². The van der Waals surface area contributed by atoms with Gasteiger partial charge >= 0.3 is 19.5 Å². The van der Waals surface area contributed by atoms with Crippen molar-refractivity contribution in [1.29, 1.82) is 0 Å². The van der Waals surface area contributed by atoms with Crippen molar-refractivity contribution in [3.05, 3.63) is 58.7 Å². The van der Waals surface area contributed by atoms with Crippen molar-refractivity contribution in [2.75, 3.05) is 36.8 Å². The van der Waals surface area contributed by atoms with Crippen LogP contribution in [-0.4, -0.2) is 26.2 Å². The zero-order valence-corrected chi connectivity index (χ0v) is 19.2. The number of benzene rings is 2. The summed E-state index contributed by atoms with van der Waals surface area (Å²) in [5, 5.41) is 10.5. The predicted molar refractivity (Wildman–Crippen MR) is 102 cm³/mol. The van der Waals surface area contributed by atoms with Gasteiger partial charge in [-0.05, 0) is 49.9 Å². The van der Waals surface area contributed by atoms with E-state index in [-0.39, 0.29) is 44.3 Å². The Morgan fingerprint density at radius 1 is 0.577 bits per heavy atom. The maximum Gasteiger partial charge on any atom is 2.00 e. The fourth-order valence-electron chi connectivity index (χ4n) is 2.86. The number of halogens is 2. The smallest absolute Gasteiger partial charge is 1.00 e. The first kappa shape index (κ1) is 27.4. The van der Waals surface area contributed by atoms with Gasteiger partial charge in [0.05, 0.1) is 0 Å². The molecule has 146 valence electrons. The summed E-state index contributed by atoms with van der Waals surface area (Å²) in [5.74, 6) is 0. The van der Waals surface area contributed by atoms with Crippen LogP contribution in [0.5, 0.6) is 0 Å². The molecular weight excluding hydrogens is 454 g/mol. The van der Waals surface area contributed by atoms with Gasteiger partial charge in [-0.25, -0.2) is 0 Å². The third-order valence-corrected chi connectivity index (χ3v) is 4.17. The van der Waals surface area contributed by atoms with Gasteiger partial charge in [-0.3, -0.25) is 0 Å². The summed E-state index contributed by atoms with van der Waals surface area (Å²) in [5.41, 5.74) is 7.76. The van der Waals surface area contributed by atoms with Gasteiger partial charge in [0, 0.05) is 37.6 Å². The summed E-state index contributed by atoms with van der Waals surface area (Å²) in [4.78, 5) is 0. The number of para-hydroxylation sites is 2. The van der Waals surface area contributed by atoms with Crippen molar-refractivity contribution in [1.82, 2.24) is 5.32 Å². The second-order valence-corrected chi connectivity index (χ2v) is 6.14. The second kappa shape index (κ2) is 14.3. The predicted octanol–water partition coefficient (Wildman–Crippen LogP) is -1.96. The van der Waals surface area contributed by atoms with Crippen LogP contribution in [0.25, 0.3) is 0 Å². The minimum absolute atomic E-state index is 0. The maximum absolute atomic E-state index is 3.53. The van der Waals surface area contributed by atoms with E-state index < -0.39 is 0 Å². The molecule has 0 aliphatic heterocycles. The van der Waals surface area contributed by atoms with Crippen molar-refractivity contribution in [2.45, 2.75) is 27.7 Å². The van der Waals surface area contributed by atoms with Crippen LogP contribution in [0.2, 0.25) is 0 Å². The molecule has 2 rings (SSSR count). The number of aryl methyl sites for hydroxylation is 4. The molecule has 3 N–H and O–H groups in total. The third-order valence-electron chi connectivity index (χ3n) is 4.17. The number of hydrogen-bond donors (Lipinski definition) is 3. The standard InChI is InChI=1S/C20H29N3.2ClH.Ru/c1-15-7-5-8-16(2)19(15)22-13-11-21-12-14-23-20-17(3)9-6-10-18(20)4;;;/h5-10,21-23H,11-14H2,1-4H3;2*1H;/q;;;+2/p-2. The van der Waals surface area contributed by atoms with Gasteiger partial charge in [-0.15, -0.1) is 0 Å². The first-order valence-corrected chi connectivity index (χ1v) is 8.40. The van der Waals surface area contributed by atoms with Gasteiger partial charge in [0.1, 0.15) is 0 Å². The van der Waals surface area contributed by atoms with Crippen LogP contribution < -0.4 is 40.8 Å². The fraction of sp³-hybridized carbons (Fsp3) is 0.400. The van der Waals surface area contributed by atoms with Crippen molar-refractivity contribution in [3.63, 3.8) is 0 Å². The minimum Gasteiger partial charge on any atom is -1.00 e. The summed E-state index contributed by atoms with van der Waals surface area (Å²) < 4.78 is 0. The quantitative estimate of drug-likeness (QED) is 0.302. The molecule has 0 aliphatic carbocycles. The summed E-state index contributed by atoms with van der Waals surface area (Å²) in [6, 6.07) is 12.8. The Hall–Kier alpha value is -0.797. The van der Waals surface area contributed by atoms with E-state index in [1.54, 1.807) is 0 Å². The van der Waals surface area contributed by atoms with E-state index >= 15 is 0 Å². The normalized spacial score (nSPS) is 9.38. The first-order chi connectivity index (χ1) is 11.1. The number of anilines is 2. The van der Waals surface area contributed by atoms with Gasteiger partial charge in [0.15, 0.2) is 0 Å². The fourth-order valence-corrected chi connectivity index (χ4v) is 2.86. The number of hydrogen-bond acceptors (Lipinski definition) is 3. The molecule has 0 heterocycles. The van der Waals surface area contributed by atoms with Gasteiger partial charge in [-0.2, -0.15) is 0 Å². The van der Waals surface area contributed by atoms with Gasteiger partial charge in [0.2, 0.25) is 0 Å². The topological polar surface area (TPSA) is 36.1 Å². The van der Waals surface area contributed by atoms with Crippen LogP contribution >= 0.6 is 0 Å². The molecule has 3 nitrogen and oxygen atoms in total. The van der Waals surface area contributed by atoms with E-state index in [9.17, 15) is 0 Å². The van der Waals surface area contributed by atoms with Crippen LogP contribution in [0.15, 0.2) is 36.4 Å². The molecule has 0 spiro atoms. The van der Waals surface area contributed by atoms with E-state index in [0.717, 1.165) is 26.2 Å². The van der Waals surface area contributed by atoms with E-state index in [4.69, 9.17) is 0 Å². The molecule has 0 unspecified atom stereocenters. The summed E-state index contributed by atoms with van der Waals surface area (Å²) in [6.07, 6.45) is 0. The Kier molecular flexibility index (Phi) is 15.1. The molecular formula is C20H29Cl2N3Ru. The molecule has 26 heavy (non-hydrogen) atoms. The average molecular weight is 483 g/mol. The minimum atomic E-state index is 0. The first-order valence-electron chi connectivity index (χ1n) is 8.40. The van der Waals surface area contributed by atoms with Crippen LogP contribution in [-0.2, 0) is 19.5 Å². The number of rotatable bonds is 8. The van der Waals surface area contributed by atoms with Crippen molar-refractivity contribution in [3.8, 4) is 0 Å². The van der Waals surface area contributed by atoms with Gasteiger partial charge in [0.25, 0.3) is 0 Å². The van der Waals surface area contributed by atoms with Crippen LogP contribution in [0.4, 0.5) is 11.4 Å². The Labute approximate surface area is 183 Å². The monoisotopic (exact) mass is 483 g/mol. The molecule has 2 aromatic rings. The van der Waals surface area contributed by atoms with Gasteiger partial charge in [-0.1, -0.05) is 36.4 Å². The molecule has 0 amide bonds. The zero-order valence-electron chi connectivity index (χ0n) is 15.9. The molecule has 6 heteroatoms. The zero-order chi connectivity index (χ0) is 16.7. The van der Waals surface area contributed by atoms with E-state index in [1.807, 2.05) is 0 Å². The largest absolute Gasteiger partial charge is 2.00 e. The SMILES string of the molecule is Cc1cccc(C)c1NCCNCCNc1c(C)cccc1C.[Cl-].[Cl-].[Ru+2]. The Bertz CT molecular complexity index is 555. The summed E-state index contributed by atoms with van der Waals surface area (Å²) >= 11 is 0. The summed E-state index contributed by atoms with van der Waals surface area (Å²) in [7, 11) is 0. The van der Waals surface area contributed by atoms with Crippen LogP contribution in [0.3, 0.4) is 0 Å². The molecule has 0 radical (unpaired) electrons. The summed E-state index contributed by atoms with van der Waals surface area (Å²) in [6.45, 7) is 12.4. The molecule has 0 saturated heterocycles. The maximum atomic E-state index is 3.53. The van der Waals surface area contributed by atoms with Crippen molar-refractivity contribution < 1.29 is 44.3 Å². The second-order valence-electron chi connectivity index (χ2n) is 6.14. The average Bonchev–Trinajstić information content (AvgIpc) is 2.51.